The second-order valence-corrected chi connectivity index (χ2v) is 4.91. The number of aryl methyl sites for hydroxylation is 1. The SMILES string of the molecule is Cc1cccc2c1N(CC(=O)NC(C)C)C(=O)C2=O. The van der Waals surface area contributed by atoms with Crippen molar-refractivity contribution in [1.82, 2.24) is 5.32 Å². The average molecular weight is 260 g/mol. The van der Waals surface area contributed by atoms with Gasteiger partial charge in [0.2, 0.25) is 5.91 Å². The molecule has 0 spiro atoms. The van der Waals surface area contributed by atoms with E-state index in [1.165, 1.54) is 4.90 Å². The molecule has 1 aliphatic heterocycles. The molecule has 1 aromatic rings. The molecule has 2 rings (SSSR count). The van der Waals surface area contributed by atoms with Crippen LogP contribution >= 0.6 is 0 Å². The summed E-state index contributed by atoms with van der Waals surface area (Å²) in [6, 6.07) is 5.16. The summed E-state index contributed by atoms with van der Waals surface area (Å²) >= 11 is 0. The van der Waals surface area contributed by atoms with Crippen molar-refractivity contribution in [2.24, 2.45) is 0 Å². The van der Waals surface area contributed by atoms with Gasteiger partial charge >= 0.3 is 0 Å². The summed E-state index contributed by atoms with van der Waals surface area (Å²) in [6.45, 7) is 5.38. The molecule has 1 N–H and O–H groups in total. The Kier molecular flexibility index (Phi) is 3.38. The number of carbonyl (C=O) groups excluding carboxylic acids is 3. The molecule has 0 unspecified atom stereocenters. The topological polar surface area (TPSA) is 66.5 Å². The van der Waals surface area contributed by atoms with Gasteiger partial charge in [-0.1, -0.05) is 12.1 Å². The highest BCUT2D eigenvalue weighted by Crippen LogP contribution is 2.31. The van der Waals surface area contributed by atoms with Crippen molar-refractivity contribution in [2.75, 3.05) is 11.4 Å². The van der Waals surface area contributed by atoms with Crippen LogP contribution in [-0.4, -0.2) is 30.2 Å². The van der Waals surface area contributed by atoms with E-state index in [9.17, 15) is 14.4 Å². The number of nitrogens with one attached hydrogen (secondary N) is 1. The van der Waals surface area contributed by atoms with Gasteiger partial charge in [0.15, 0.2) is 0 Å². The van der Waals surface area contributed by atoms with Crippen LogP contribution in [0.25, 0.3) is 0 Å². The molecular weight excluding hydrogens is 244 g/mol. The molecule has 0 aliphatic carbocycles. The smallest absolute Gasteiger partial charge is 0.299 e. The molecule has 1 aliphatic rings. The second-order valence-electron chi connectivity index (χ2n) is 4.91. The Morgan fingerprint density at radius 3 is 2.63 bits per heavy atom. The standard InChI is InChI=1S/C14H16N2O3/c1-8(2)15-11(17)7-16-12-9(3)5-4-6-10(12)13(18)14(16)19/h4-6,8H,7H2,1-3H3,(H,15,17). The molecular formula is C14H16N2O3. The Hall–Kier alpha value is -2.17. The predicted octanol–water partition coefficient (Wildman–Crippen LogP) is 1.05. The van der Waals surface area contributed by atoms with Crippen molar-refractivity contribution in [3.63, 3.8) is 0 Å². The van der Waals surface area contributed by atoms with Gasteiger partial charge in [-0.3, -0.25) is 19.3 Å². The Morgan fingerprint density at radius 1 is 1.32 bits per heavy atom. The third-order valence-corrected chi connectivity index (χ3v) is 2.94. The lowest BCUT2D eigenvalue weighted by Gasteiger charge is -2.18. The highest BCUT2D eigenvalue weighted by atomic mass is 16.2. The van der Waals surface area contributed by atoms with Crippen molar-refractivity contribution < 1.29 is 14.4 Å². The molecule has 0 saturated carbocycles. The number of para-hydroxylation sites is 1. The Labute approximate surface area is 111 Å². The third kappa shape index (κ3) is 2.36. The zero-order valence-electron chi connectivity index (χ0n) is 11.2. The minimum absolute atomic E-state index is 0.00255. The van der Waals surface area contributed by atoms with Gasteiger partial charge in [0.05, 0.1) is 11.3 Å². The van der Waals surface area contributed by atoms with Gasteiger partial charge in [-0.2, -0.15) is 0 Å². The van der Waals surface area contributed by atoms with E-state index in [0.717, 1.165) is 5.56 Å². The maximum atomic E-state index is 11.9. The highest BCUT2D eigenvalue weighted by Gasteiger charge is 2.37. The van der Waals surface area contributed by atoms with Gasteiger partial charge in [0.1, 0.15) is 6.54 Å². The van der Waals surface area contributed by atoms with Crippen LogP contribution in [0.15, 0.2) is 18.2 Å². The van der Waals surface area contributed by atoms with E-state index in [4.69, 9.17) is 0 Å². The Morgan fingerprint density at radius 2 is 2.00 bits per heavy atom. The fraction of sp³-hybridized carbons (Fsp3) is 0.357. The fourth-order valence-electron chi connectivity index (χ4n) is 2.20. The average Bonchev–Trinajstić information content (AvgIpc) is 2.55. The largest absolute Gasteiger partial charge is 0.352 e. The number of fused-ring (bicyclic) bond motifs is 1. The number of hydrogen-bond acceptors (Lipinski definition) is 3. The highest BCUT2D eigenvalue weighted by molar-refractivity contribution is 6.52. The van der Waals surface area contributed by atoms with Gasteiger partial charge in [-0.15, -0.1) is 0 Å². The molecule has 1 heterocycles. The number of benzene rings is 1. The summed E-state index contributed by atoms with van der Waals surface area (Å²) in [5.41, 5.74) is 1.74. The van der Waals surface area contributed by atoms with Crippen LogP contribution in [0.4, 0.5) is 5.69 Å². The number of nitrogens with zero attached hydrogens (tertiary/aromatic N) is 1. The monoisotopic (exact) mass is 260 g/mol. The fourth-order valence-corrected chi connectivity index (χ4v) is 2.20. The van der Waals surface area contributed by atoms with Gasteiger partial charge in [0.25, 0.3) is 11.7 Å². The van der Waals surface area contributed by atoms with Crippen molar-refractivity contribution in [3.05, 3.63) is 29.3 Å². The van der Waals surface area contributed by atoms with Crippen LogP contribution in [0.5, 0.6) is 0 Å². The lowest BCUT2D eigenvalue weighted by Crippen LogP contribution is -2.42. The molecule has 5 nitrogen and oxygen atoms in total. The Bertz CT molecular complexity index is 564. The van der Waals surface area contributed by atoms with E-state index in [1.807, 2.05) is 26.8 Å². The van der Waals surface area contributed by atoms with Crippen molar-refractivity contribution in [3.8, 4) is 0 Å². The summed E-state index contributed by atoms with van der Waals surface area (Å²) in [4.78, 5) is 36.8. The molecule has 0 aromatic heterocycles. The quantitative estimate of drug-likeness (QED) is 0.826. The maximum Gasteiger partial charge on any atom is 0.299 e. The number of anilines is 1. The van der Waals surface area contributed by atoms with Crippen LogP contribution < -0.4 is 10.2 Å². The van der Waals surface area contributed by atoms with Crippen LogP contribution in [-0.2, 0) is 9.59 Å². The minimum Gasteiger partial charge on any atom is -0.352 e. The van der Waals surface area contributed by atoms with Gasteiger partial charge in [-0.05, 0) is 32.4 Å². The van der Waals surface area contributed by atoms with Crippen molar-refractivity contribution >= 4 is 23.3 Å². The number of ketones is 1. The van der Waals surface area contributed by atoms with Crippen LogP contribution in [0, 0.1) is 6.92 Å². The normalized spacial score (nSPS) is 14.0. The van der Waals surface area contributed by atoms with E-state index in [-0.39, 0.29) is 18.5 Å². The first kappa shape index (κ1) is 13.3. The summed E-state index contributed by atoms with van der Waals surface area (Å²) < 4.78 is 0. The van der Waals surface area contributed by atoms with Crippen LogP contribution in [0.3, 0.4) is 0 Å². The van der Waals surface area contributed by atoms with Crippen molar-refractivity contribution in [2.45, 2.75) is 26.8 Å². The Balaban J connectivity index is 2.31. The van der Waals surface area contributed by atoms with E-state index >= 15 is 0 Å². The van der Waals surface area contributed by atoms with E-state index in [1.54, 1.807) is 12.1 Å². The molecule has 19 heavy (non-hydrogen) atoms. The van der Waals surface area contributed by atoms with E-state index in [0.29, 0.717) is 11.3 Å². The number of amides is 2. The number of Topliss-reactive ketones (excluding diaryl/α,β-unsaturated/α-hetero) is 1. The summed E-state index contributed by atoms with van der Waals surface area (Å²) in [5.74, 6) is -1.45. The molecule has 0 radical (unpaired) electrons. The first-order chi connectivity index (χ1) is 8.91. The zero-order chi connectivity index (χ0) is 14.2. The second kappa shape index (κ2) is 4.84. The van der Waals surface area contributed by atoms with E-state index < -0.39 is 11.7 Å². The minimum atomic E-state index is -0.636. The zero-order valence-corrected chi connectivity index (χ0v) is 11.2. The van der Waals surface area contributed by atoms with Crippen molar-refractivity contribution in [1.29, 1.82) is 0 Å². The molecule has 1 aromatic carbocycles. The molecule has 2 amide bonds. The molecule has 5 heteroatoms. The van der Waals surface area contributed by atoms with Gasteiger partial charge < -0.3 is 5.32 Å². The van der Waals surface area contributed by atoms with Crippen LogP contribution in [0.2, 0.25) is 0 Å². The van der Waals surface area contributed by atoms with E-state index in [2.05, 4.69) is 5.32 Å². The summed E-state index contributed by atoms with van der Waals surface area (Å²) in [7, 11) is 0. The maximum absolute atomic E-state index is 11.9. The van der Waals surface area contributed by atoms with Gasteiger partial charge in [0, 0.05) is 6.04 Å². The molecule has 100 valence electrons. The molecule has 0 atom stereocenters. The number of hydrogen-bond donors (Lipinski definition) is 1. The molecule has 0 fully saturated rings. The summed E-state index contributed by atoms with van der Waals surface area (Å²) in [6.07, 6.45) is 0. The lowest BCUT2D eigenvalue weighted by molar-refractivity contribution is -0.122. The molecule has 0 bridgehead atoms. The first-order valence-corrected chi connectivity index (χ1v) is 6.17. The summed E-state index contributed by atoms with van der Waals surface area (Å²) in [5, 5.41) is 2.71. The third-order valence-electron chi connectivity index (χ3n) is 2.94. The number of carbonyl (C=O) groups is 3. The molecule has 0 saturated heterocycles. The first-order valence-electron chi connectivity index (χ1n) is 6.17. The predicted molar refractivity (Wildman–Crippen MR) is 71.1 cm³/mol. The number of rotatable bonds is 3. The van der Waals surface area contributed by atoms with Gasteiger partial charge in [-0.25, -0.2) is 0 Å². The van der Waals surface area contributed by atoms with Crippen LogP contribution in [0.1, 0.15) is 29.8 Å². The lowest BCUT2D eigenvalue weighted by atomic mass is 10.1.